The van der Waals surface area contributed by atoms with E-state index in [1.54, 1.807) is 0 Å². The van der Waals surface area contributed by atoms with E-state index in [4.69, 9.17) is 5.73 Å². The van der Waals surface area contributed by atoms with E-state index in [1.807, 2.05) is 23.1 Å². The third-order valence-electron chi connectivity index (χ3n) is 3.70. The lowest BCUT2D eigenvalue weighted by Gasteiger charge is -2.18. The Labute approximate surface area is 109 Å². The topological polar surface area (TPSA) is 46.3 Å². The van der Waals surface area contributed by atoms with Crippen LogP contribution >= 0.6 is 0 Å². The molecule has 98 valence electrons. The number of fused-ring (bicyclic) bond motifs is 1. The molecule has 1 heterocycles. The van der Waals surface area contributed by atoms with Crippen LogP contribution in [0.1, 0.15) is 31.7 Å². The standard InChI is InChI=1S/C15H22N2O/c1-12(8-10-16)6-7-15(18)17-11-9-13-4-2-3-5-14(13)17/h2-5,12H,6-11,16H2,1H3. The van der Waals surface area contributed by atoms with Crippen LogP contribution in [0.25, 0.3) is 0 Å². The van der Waals surface area contributed by atoms with Crippen molar-refractivity contribution in [1.82, 2.24) is 0 Å². The smallest absolute Gasteiger partial charge is 0.227 e. The number of carbonyl (C=O) groups excluding carboxylic acids is 1. The quantitative estimate of drug-likeness (QED) is 0.866. The number of hydrogen-bond acceptors (Lipinski definition) is 2. The normalized spacial score (nSPS) is 15.6. The second-order valence-electron chi connectivity index (χ2n) is 5.15. The van der Waals surface area contributed by atoms with E-state index in [2.05, 4.69) is 13.0 Å². The van der Waals surface area contributed by atoms with Gasteiger partial charge in [0.15, 0.2) is 0 Å². The summed E-state index contributed by atoms with van der Waals surface area (Å²) in [6.07, 6.45) is 3.56. The molecule has 1 unspecified atom stereocenters. The average molecular weight is 246 g/mol. The number of para-hydroxylation sites is 1. The second-order valence-corrected chi connectivity index (χ2v) is 5.15. The molecule has 1 aliphatic rings. The molecule has 0 saturated heterocycles. The Morgan fingerprint density at radius 1 is 1.39 bits per heavy atom. The number of nitrogens with two attached hydrogens (primary N) is 1. The van der Waals surface area contributed by atoms with Crippen molar-refractivity contribution in [1.29, 1.82) is 0 Å². The molecule has 2 rings (SSSR count). The fourth-order valence-electron chi connectivity index (χ4n) is 2.53. The molecule has 2 N–H and O–H groups in total. The zero-order valence-corrected chi connectivity index (χ0v) is 11.1. The van der Waals surface area contributed by atoms with Crippen molar-refractivity contribution in [2.24, 2.45) is 11.7 Å². The monoisotopic (exact) mass is 246 g/mol. The molecule has 1 aromatic carbocycles. The van der Waals surface area contributed by atoms with Gasteiger partial charge in [-0.2, -0.15) is 0 Å². The molecule has 3 heteroatoms. The highest BCUT2D eigenvalue weighted by molar-refractivity contribution is 5.95. The minimum atomic E-state index is 0.254. The number of amides is 1. The predicted octanol–water partition coefficient (Wildman–Crippen LogP) is 2.34. The average Bonchev–Trinajstić information content (AvgIpc) is 2.80. The van der Waals surface area contributed by atoms with E-state index < -0.39 is 0 Å². The summed E-state index contributed by atoms with van der Waals surface area (Å²) in [5.74, 6) is 0.792. The minimum Gasteiger partial charge on any atom is -0.330 e. The molecule has 0 aliphatic carbocycles. The first kappa shape index (κ1) is 13.1. The summed E-state index contributed by atoms with van der Waals surface area (Å²) in [6, 6.07) is 8.20. The van der Waals surface area contributed by atoms with E-state index >= 15 is 0 Å². The molecule has 0 bridgehead atoms. The molecule has 18 heavy (non-hydrogen) atoms. The van der Waals surface area contributed by atoms with Crippen LogP contribution in [0, 0.1) is 5.92 Å². The van der Waals surface area contributed by atoms with Gasteiger partial charge in [-0.05, 0) is 43.4 Å². The van der Waals surface area contributed by atoms with Gasteiger partial charge < -0.3 is 10.6 Å². The fourth-order valence-corrected chi connectivity index (χ4v) is 2.53. The summed E-state index contributed by atoms with van der Waals surface area (Å²) in [5, 5.41) is 0. The van der Waals surface area contributed by atoms with E-state index in [-0.39, 0.29) is 5.91 Å². The van der Waals surface area contributed by atoms with Crippen molar-refractivity contribution in [2.45, 2.75) is 32.6 Å². The lowest BCUT2D eigenvalue weighted by atomic mass is 10.0. The van der Waals surface area contributed by atoms with Crippen molar-refractivity contribution in [3.8, 4) is 0 Å². The third kappa shape index (κ3) is 2.91. The molecule has 0 fully saturated rings. The van der Waals surface area contributed by atoms with Crippen molar-refractivity contribution in [3.63, 3.8) is 0 Å². The van der Waals surface area contributed by atoms with Gasteiger partial charge in [0.1, 0.15) is 0 Å². The number of hydrogen-bond donors (Lipinski definition) is 1. The van der Waals surface area contributed by atoms with Crippen molar-refractivity contribution in [3.05, 3.63) is 29.8 Å². The van der Waals surface area contributed by atoms with Crippen LogP contribution in [0.2, 0.25) is 0 Å². The summed E-state index contributed by atoms with van der Waals surface area (Å²) in [4.78, 5) is 14.1. The number of rotatable bonds is 5. The molecule has 1 amide bonds. The maximum absolute atomic E-state index is 12.2. The molecular weight excluding hydrogens is 224 g/mol. The van der Waals surface area contributed by atoms with Gasteiger partial charge in [-0.15, -0.1) is 0 Å². The first-order valence-electron chi connectivity index (χ1n) is 6.80. The maximum Gasteiger partial charge on any atom is 0.227 e. The molecular formula is C15H22N2O. The maximum atomic E-state index is 12.2. The molecule has 1 aliphatic heterocycles. The summed E-state index contributed by atoms with van der Waals surface area (Å²) < 4.78 is 0. The van der Waals surface area contributed by atoms with Crippen LogP contribution in [0.3, 0.4) is 0 Å². The van der Waals surface area contributed by atoms with E-state index in [9.17, 15) is 4.79 Å². The number of nitrogens with zero attached hydrogens (tertiary/aromatic N) is 1. The van der Waals surface area contributed by atoms with Gasteiger partial charge in [0.05, 0.1) is 0 Å². The van der Waals surface area contributed by atoms with Gasteiger partial charge in [-0.1, -0.05) is 25.1 Å². The Kier molecular flexibility index (Phi) is 4.37. The first-order valence-corrected chi connectivity index (χ1v) is 6.80. The Morgan fingerprint density at radius 2 is 2.17 bits per heavy atom. The van der Waals surface area contributed by atoms with Crippen LogP contribution in [0.4, 0.5) is 5.69 Å². The highest BCUT2D eigenvalue weighted by Gasteiger charge is 2.23. The summed E-state index contributed by atoms with van der Waals surface area (Å²) in [5.41, 5.74) is 7.92. The van der Waals surface area contributed by atoms with Crippen molar-refractivity contribution >= 4 is 11.6 Å². The lowest BCUT2D eigenvalue weighted by Crippen LogP contribution is -2.29. The van der Waals surface area contributed by atoms with Crippen LogP contribution in [0.5, 0.6) is 0 Å². The molecule has 1 atom stereocenters. The van der Waals surface area contributed by atoms with Crippen molar-refractivity contribution in [2.75, 3.05) is 18.0 Å². The van der Waals surface area contributed by atoms with Crippen LogP contribution < -0.4 is 10.6 Å². The molecule has 3 nitrogen and oxygen atoms in total. The number of benzene rings is 1. The highest BCUT2D eigenvalue weighted by atomic mass is 16.2. The second kappa shape index (κ2) is 6.01. The Morgan fingerprint density at radius 3 is 2.94 bits per heavy atom. The van der Waals surface area contributed by atoms with Gasteiger partial charge in [0.2, 0.25) is 5.91 Å². The SMILES string of the molecule is CC(CCN)CCC(=O)N1CCc2ccccc21. The van der Waals surface area contributed by atoms with Gasteiger partial charge in [-0.25, -0.2) is 0 Å². The van der Waals surface area contributed by atoms with Gasteiger partial charge in [0, 0.05) is 18.7 Å². The molecule has 1 aromatic rings. The number of carbonyl (C=O) groups is 1. The molecule has 0 aromatic heterocycles. The lowest BCUT2D eigenvalue weighted by molar-refractivity contribution is -0.118. The summed E-state index contributed by atoms with van der Waals surface area (Å²) >= 11 is 0. The van der Waals surface area contributed by atoms with E-state index in [0.717, 1.165) is 31.5 Å². The Hall–Kier alpha value is -1.35. The van der Waals surface area contributed by atoms with E-state index in [0.29, 0.717) is 18.9 Å². The fraction of sp³-hybridized carbons (Fsp3) is 0.533. The molecule has 0 radical (unpaired) electrons. The zero-order chi connectivity index (χ0) is 13.0. The predicted molar refractivity (Wildman–Crippen MR) is 74.6 cm³/mol. The van der Waals surface area contributed by atoms with Crippen molar-refractivity contribution < 1.29 is 4.79 Å². The Balaban J connectivity index is 1.91. The number of anilines is 1. The first-order chi connectivity index (χ1) is 8.72. The van der Waals surface area contributed by atoms with Gasteiger partial charge in [-0.3, -0.25) is 4.79 Å². The molecule has 0 saturated carbocycles. The molecule has 0 spiro atoms. The van der Waals surface area contributed by atoms with Gasteiger partial charge in [0.25, 0.3) is 0 Å². The van der Waals surface area contributed by atoms with Crippen LogP contribution in [-0.4, -0.2) is 19.0 Å². The van der Waals surface area contributed by atoms with Crippen LogP contribution in [-0.2, 0) is 11.2 Å². The summed E-state index contributed by atoms with van der Waals surface area (Å²) in [7, 11) is 0. The van der Waals surface area contributed by atoms with Crippen LogP contribution in [0.15, 0.2) is 24.3 Å². The highest BCUT2D eigenvalue weighted by Crippen LogP contribution is 2.28. The third-order valence-corrected chi connectivity index (χ3v) is 3.70. The summed E-state index contributed by atoms with van der Waals surface area (Å²) in [6.45, 7) is 3.71. The minimum absolute atomic E-state index is 0.254. The van der Waals surface area contributed by atoms with E-state index in [1.165, 1.54) is 5.56 Å². The Bertz CT molecular complexity index is 417. The largest absolute Gasteiger partial charge is 0.330 e. The van der Waals surface area contributed by atoms with Gasteiger partial charge >= 0.3 is 0 Å². The zero-order valence-electron chi connectivity index (χ0n) is 11.1.